The molecule has 25 heavy (non-hydrogen) atoms. The number of aromatic nitrogens is 3. The summed E-state index contributed by atoms with van der Waals surface area (Å²) in [6, 6.07) is 3.11. The van der Waals surface area contributed by atoms with Gasteiger partial charge in [0, 0.05) is 19.2 Å². The number of hydrogen-bond acceptors (Lipinski definition) is 5. The lowest BCUT2D eigenvalue weighted by atomic mass is 10.2. The van der Waals surface area contributed by atoms with Crippen LogP contribution in [0.3, 0.4) is 0 Å². The molecule has 2 aromatic rings. The Balaban J connectivity index is 1.97. The van der Waals surface area contributed by atoms with E-state index in [1.807, 2.05) is 0 Å². The molecule has 0 aliphatic heterocycles. The molecule has 0 spiro atoms. The standard InChI is InChI=1S/C14H13F4N6O/c15-9-6-22-12(8-2-1-4-20-11(8)19)24-13(9)21-5-3-10(25)23-7-14(16,17)18/h1-2,4,6,19H,3,5,7H2,(H,23,25)(H,21,22,24). The summed E-state index contributed by atoms with van der Waals surface area (Å²) in [5.41, 5.74) is 7.96. The second kappa shape index (κ2) is 7.73. The third kappa shape index (κ3) is 5.55. The zero-order valence-corrected chi connectivity index (χ0v) is 12.7. The summed E-state index contributed by atoms with van der Waals surface area (Å²) in [4.78, 5) is 22.7. The maximum absolute atomic E-state index is 13.7. The van der Waals surface area contributed by atoms with Gasteiger partial charge in [0.1, 0.15) is 6.54 Å². The number of carbonyl (C=O) groups is 1. The van der Waals surface area contributed by atoms with Gasteiger partial charge in [0.15, 0.2) is 23.3 Å². The fraction of sp³-hybridized carbons (Fsp3) is 0.286. The van der Waals surface area contributed by atoms with E-state index in [1.165, 1.54) is 12.3 Å². The van der Waals surface area contributed by atoms with Crippen molar-refractivity contribution < 1.29 is 22.4 Å². The van der Waals surface area contributed by atoms with Gasteiger partial charge in [0.05, 0.1) is 11.8 Å². The van der Waals surface area contributed by atoms with E-state index in [9.17, 15) is 22.4 Å². The minimum atomic E-state index is -4.49. The average Bonchev–Trinajstić information content (AvgIpc) is 2.55. The molecule has 0 unspecified atom stereocenters. The molecule has 0 aliphatic carbocycles. The van der Waals surface area contributed by atoms with E-state index < -0.39 is 24.4 Å². The number of amides is 1. The van der Waals surface area contributed by atoms with Gasteiger partial charge in [0.25, 0.3) is 0 Å². The van der Waals surface area contributed by atoms with Gasteiger partial charge in [0.2, 0.25) is 5.91 Å². The number of nitrogens with zero attached hydrogens (tertiary/aromatic N) is 3. The van der Waals surface area contributed by atoms with Gasteiger partial charge in [-0.2, -0.15) is 13.2 Å². The summed E-state index contributed by atoms with van der Waals surface area (Å²) in [7, 11) is 0. The molecule has 0 saturated carbocycles. The molecule has 2 heterocycles. The zero-order chi connectivity index (χ0) is 18.4. The zero-order valence-electron chi connectivity index (χ0n) is 12.7. The molecule has 1 amide bonds. The van der Waals surface area contributed by atoms with Crippen LogP contribution in [0.2, 0.25) is 0 Å². The van der Waals surface area contributed by atoms with E-state index in [2.05, 4.69) is 20.3 Å². The first-order valence-electron chi connectivity index (χ1n) is 7.03. The molecule has 0 atom stereocenters. The molecule has 1 radical (unpaired) electrons. The topological polar surface area (TPSA) is 104 Å². The monoisotopic (exact) mass is 357 g/mol. The predicted octanol–water partition coefficient (Wildman–Crippen LogP) is 2.07. The van der Waals surface area contributed by atoms with Crippen molar-refractivity contribution in [3.05, 3.63) is 30.3 Å². The average molecular weight is 357 g/mol. The van der Waals surface area contributed by atoms with Gasteiger partial charge >= 0.3 is 6.18 Å². The minimum Gasteiger partial charge on any atom is -0.367 e. The highest BCUT2D eigenvalue weighted by Crippen LogP contribution is 2.23. The van der Waals surface area contributed by atoms with E-state index in [4.69, 9.17) is 5.73 Å². The summed E-state index contributed by atoms with van der Waals surface area (Å²) >= 11 is 0. The van der Waals surface area contributed by atoms with E-state index in [-0.39, 0.29) is 36.0 Å². The van der Waals surface area contributed by atoms with Gasteiger partial charge in [-0.05, 0) is 12.1 Å². The van der Waals surface area contributed by atoms with Gasteiger partial charge in [-0.15, -0.1) is 0 Å². The first-order chi connectivity index (χ1) is 11.8. The maximum atomic E-state index is 13.7. The number of nitrogens with one attached hydrogen (secondary N) is 3. The fourth-order valence-corrected chi connectivity index (χ4v) is 1.79. The van der Waals surface area contributed by atoms with Crippen LogP contribution in [0.15, 0.2) is 24.5 Å². The number of halogens is 4. The van der Waals surface area contributed by atoms with Crippen molar-refractivity contribution in [1.82, 2.24) is 26.0 Å². The number of carbonyl (C=O) groups excluding carboxylic acids is 1. The number of alkyl halides is 3. The minimum absolute atomic E-state index is 0.0588. The number of rotatable bonds is 6. The molecule has 0 aliphatic rings. The lowest BCUT2D eigenvalue weighted by Crippen LogP contribution is -2.34. The van der Waals surface area contributed by atoms with Crippen LogP contribution in [-0.2, 0) is 4.79 Å². The number of hydrogen-bond donors (Lipinski definition) is 2. The third-order valence-corrected chi connectivity index (χ3v) is 2.92. The van der Waals surface area contributed by atoms with Crippen LogP contribution < -0.4 is 16.4 Å². The van der Waals surface area contributed by atoms with Crippen LogP contribution in [0.4, 0.5) is 29.2 Å². The Morgan fingerprint density at radius 3 is 2.72 bits per heavy atom. The lowest BCUT2D eigenvalue weighted by Gasteiger charge is -2.10. The molecule has 2 aromatic heterocycles. The molecule has 2 rings (SSSR count). The number of pyridine rings is 1. The summed E-state index contributed by atoms with van der Waals surface area (Å²) in [6.07, 6.45) is -2.49. The van der Waals surface area contributed by atoms with Gasteiger partial charge in [-0.25, -0.2) is 19.3 Å². The quantitative estimate of drug-likeness (QED) is 0.771. The summed E-state index contributed by atoms with van der Waals surface area (Å²) in [6.45, 7) is -1.55. The van der Waals surface area contributed by atoms with Gasteiger partial charge in [-0.3, -0.25) is 10.5 Å². The van der Waals surface area contributed by atoms with Gasteiger partial charge < -0.3 is 10.6 Å². The highest BCUT2D eigenvalue weighted by molar-refractivity contribution is 5.76. The molecule has 0 aromatic carbocycles. The van der Waals surface area contributed by atoms with Crippen molar-refractivity contribution in [2.24, 2.45) is 0 Å². The van der Waals surface area contributed by atoms with Crippen molar-refractivity contribution in [3.8, 4) is 11.4 Å². The van der Waals surface area contributed by atoms with Crippen molar-refractivity contribution >= 4 is 17.5 Å². The summed E-state index contributed by atoms with van der Waals surface area (Å²) in [5.74, 6) is -1.89. The molecule has 133 valence electrons. The van der Waals surface area contributed by atoms with Crippen LogP contribution in [0.1, 0.15) is 6.42 Å². The van der Waals surface area contributed by atoms with E-state index in [0.717, 1.165) is 6.20 Å². The Morgan fingerprint density at radius 1 is 1.28 bits per heavy atom. The van der Waals surface area contributed by atoms with Gasteiger partial charge in [-0.1, -0.05) is 0 Å². The molecule has 0 bridgehead atoms. The Bertz CT molecular complexity index is 752. The molecule has 7 nitrogen and oxygen atoms in total. The van der Waals surface area contributed by atoms with Crippen LogP contribution in [0.25, 0.3) is 11.4 Å². The molecule has 0 saturated heterocycles. The van der Waals surface area contributed by atoms with Crippen LogP contribution >= 0.6 is 0 Å². The normalized spacial score (nSPS) is 11.2. The molecular formula is C14H13F4N6O. The van der Waals surface area contributed by atoms with Crippen LogP contribution in [0.5, 0.6) is 0 Å². The molecule has 0 fully saturated rings. The third-order valence-electron chi connectivity index (χ3n) is 2.92. The Hall–Kier alpha value is -2.98. The van der Waals surface area contributed by atoms with E-state index >= 15 is 0 Å². The molecule has 3 N–H and O–H groups in total. The van der Waals surface area contributed by atoms with Crippen LogP contribution in [-0.4, -0.2) is 40.1 Å². The van der Waals surface area contributed by atoms with Crippen molar-refractivity contribution in [2.75, 3.05) is 18.4 Å². The highest BCUT2D eigenvalue weighted by atomic mass is 19.4. The summed E-state index contributed by atoms with van der Waals surface area (Å²) < 4.78 is 49.6. The maximum Gasteiger partial charge on any atom is 0.405 e. The van der Waals surface area contributed by atoms with E-state index in [1.54, 1.807) is 11.4 Å². The van der Waals surface area contributed by atoms with Crippen LogP contribution in [0, 0.1) is 5.82 Å². The smallest absolute Gasteiger partial charge is 0.367 e. The SMILES string of the molecule is [NH]c1ncccc1-c1ncc(F)c(NCCC(=O)NCC(F)(F)F)n1. The van der Waals surface area contributed by atoms with E-state index in [0.29, 0.717) is 0 Å². The second-order valence-electron chi connectivity index (χ2n) is 4.86. The first kappa shape index (κ1) is 18.4. The lowest BCUT2D eigenvalue weighted by molar-refractivity contribution is -0.138. The van der Waals surface area contributed by atoms with Crippen molar-refractivity contribution in [1.29, 1.82) is 0 Å². The molecule has 11 heteroatoms. The predicted molar refractivity (Wildman–Crippen MR) is 80.1 cm³/mol. The van der Waals surface area contributed by atoms with Crippen molar-refractivity contribution in [3.63, 3.8) is 0 Å². The fourth-order valence-electron chi connectivity index (χ4n) is 1.79. The largest absolute Gasteiger partial charge is 0.405 e. The Morgan fingerprint density at radius 2 is 2.04 bits per heavy atom. The number of anilines is 1. The second-order valence-corrected chi connectivity index (χ2v) is 4.86. The Labute approximate surface area is 139 Å². The molecular weight excluding hydrogens is 344 g/mol. The summed E-state index contributed by atoms with van der Waals surface area (Å²) in [5, 5.41) is 4.23. The highest BCUT2D eigenvalue weighted by Gasteiger charge is 2.27. The first-order valence-corrected chi connectivity index (χ1v) is 7.03. The Kier molecular flexibility index (Phi) is 5.67. The van der Waals surface area contributed by atoms with Crippen molar-refractivity contribution in [2.45, 2.75) is 12.6 Å².